The van der Waals surface area contributed by atoms with E-state index in [1.807, 2.05) is 45.3 Å². The Morgan fingerprint density at radius 2 is 1.45 bits per heavy atom. The van der Waals surface area contributed by atoms with E-state index in [-0.39, 0.29) is 11.3 Å². The summed E-state index contributed by atoms with van der Waals surface area (Å²) in [6.45, 7) is 11.5. The van der Waals surface area contributed by atoms with E-state index in [4.69, 9.17) is 8.83 Å². The minimum atomic E-state index is -0.319. The molecule has 0 unspecified atom stereocenters. The van der Waals surface area contributed by atoms with Gasteiger partial charge in [-0.15, -0.1) is 0 Å². The Morgan fingerprint density at radius 3 is 2.03 bits per heavy atom. The molecule has 0 amide bonds. The number of furan rings is 1. The summed E-state index contributed by atoms with van der Waals surface area (Å²) in [5.74, 6) is 0.860. The monoisotopic (exact) mass is 396 g/mol. The third kappa shape index (κ3) is 4.21. The first-order valence-corrected chi connectivity index (χ1v) is 10.1. The first-order chi connectivity index (χ1) is 13.8. The van der Waals surface area contributed by atoms with Crippen molar-refractivity contribution in [2.45, 2.75) is 60.5 Å². The van der Waals surface area contributed by atoms with E-state index in [1.165, 1.54) is 6.07 Å². The lowest BCUT2D eigenvalue weighted by Gasteiger charge is -2.03. The predicted molar refractivity (Wildman–Crippen MR) is 116 cm³/mol. The second kappa shape index (κ2) is 8.55. The quantitative estimate of drug-likeness (QED) is 0.458. The van der Waals surface area contributed by atoms with Crippen LogP contribution in [-0.2, 0) is 13.1 Å². The van der Waals surface area contributed by atoms with E-state index < -0.39 is 0 Å². The molecule has 0 aliphatic carbocycles. The third-order valence-corrected chi connectivity index (χ3v) is 4.92. The van der Waals surface area contributed by atoms with E-state index in [2.05, 4.69) is 13.8 Å². The molecule has 1 aromatic carbocycles. The highest BCUT2D eigenvalue weighted by atomic mass is 16.4. The average Bonchev–Trinajstić information content (AvgIpc) is 3.21. The number of rotatable bonds is 4. The van der Waals surface area contributed by atoms with Gasteiger partial charge >= 0.3 is 11.3 Å². The van der Waals surface area contributed by atoms with Gasteiger partial charge in [0.1, 0.15) is 16.9 Å². The lowest BCUT2D eigenvalue weighted by Crippen LogP contribution is -2.23. The van der Waals surface area contributed by atoms with E-state index >= 15 is 0 Å². The molecule has 0 saturated carbocycles. The van der Waals surface area contributed by atoms with E-state index in [1.54, 1.807) is 9.13 Å². The molecule has 0 fully saturated rings. The fourth-order valence-electron chi connectivity index (χ4n) is 3.54. The van der Waals surface area contributed by atoms with Crippen LogP contribution in [0, 0.1) is 20.8 Å². The highest BCUT2D eigenvalue weighted by Crippen LogP contribution is 2.30. The molecular formula is C23H28N2O4. The van der Waals surface area contributed by atoms with Gasteiger partial charge in [-0.05, 0) is 51.3 Å². The molecule has 0 aliphatic heterocycles. The van der Waals surface area contributed by atoms with Crippen molar-refractivity contribution < 1.29 is 8.83 Å². The van der Waals surface area contributed by atoms with Gasteiger partial charge in [0.15, 0.2) is 0 Å². The van der Waals surface area contributed by atoms with Crippen LogP contribution in [0.1, 0.15) is 43.6 Å². The molecule has 0 atom stereocenters. The molecule has 0 aliphatic rings. The zero-order valence-electron chi connectivity index (χ0n) is 17.7. The number of fused-ring (bicyclic) bond motifs is 2. The van der Waals surface area contributed by atoms with Gasteiger partial charge < -0.3 is 8.83 Å². The van der Waals surface area contributed by atoms with Crippen LogP contribution in [0.5, 0.6) is 0 Å². The first-order valence-electron chi connectivity index (χ1n) is 10.1. The van der Waals surface area contributed by atoms with Crippen molar-refractivity contribution in [3.8, 4) is 0 Å². The van der Waals surface area contributed by atoms with E-state index in [0.717, 1.165) is 59.2 Å². The summed E-state index contributed by atoms with van der Waals surface area (Å²) in [7, 11) is 0. The standard InChI is InChI=1S/C14H12O3.C9H16N2O/c1-7-4-12(15)17-14-9(3)13-10(6-11(7)14)5-8(2)16-13;1-3-5-10-7-8-11(6-4-2)9(10)12/h4-6H,1-3H3;7-8H,3-6H2,1-2H3. The van der Waals surface area contributed by atoms with Gasteiger partial charge in [0, 0.05) is 47.9 Å². The second-order valence-electron chi connectivity index (χ2n) is 7.37. The molecular weight excluding hydrogens is 368 g/mol. The van der Waals surface area contributed by atoms with Gasteiger partial charge in [0.05, 0.1) is 0 Å². The predicted octanol–water partition coefficient (Wildman–Crippen LogP) is 4.93. The number of aryl methyl sites for hydroxylation is 5. The molecule has 0 spiro atoms. The van der Waals surface area contributed by atoms with Gasteiger partial charge in [0.2, 0.25) is 0 Å². The number of aromatic nitrogens is 2. The van der Waals surface area contributed by atoms with Gasteiger partial charge in [0.25, 0.3) is 0 Å². The maximum Gasteiger partial charge on any atom is 0.336 e. The van der Waals surface area contributed by atoms with Crippen LogP contribution < -0.4 is 11.3 Å². The molecule has 0 N–H and O–H groups in total. The van der Waals surface area contributed by atoms with Crippen molar-refractivity contribution in [3.05, 3.63) is 68.4 Å². The fraction of sp³-hybridized carbons (Fsp3) is 0.391. The lowest BCUT2D eigenvalue weighted by atomic mass is 10.1. The van der Waals surface area contributed by atoms with Gasteiger partial charge in [-0.3, -0.25) is 9.13 Å². The molecule has 3 aromatic heterocycles. The SMILES string of the molecule is CCCn1ccn(CCC)c1=O.Cc1cc2cc3c(C)cc(=O)oc3c(C)c2o1. The zero-order valence-corrected chi connectivity index (χ0v) is 17.7. The van der Waals surface area contributed by atoms with Crippen molar-refractivity contribution in [1.82, 2.24) is 9.13 Å². The molecule has 0 bridgehead atoms. The van der Waals surface area contributed by atoms with Crippen molar-refractivity contribution >= 4 is 21.9 Å². The summed E-state index contributed by atoms with van der Waals surface area (Å²) >= 11 is 0. The minimum absolute atomic E-state index is 0.124. The molecule has 4 rings (SSSR count). The Kier molecular flexibility index (Phi) is 6.11. The smallest absolute Gasteiger partial charge is 0.336 e. The van der Waals surface area contributed by atoms with Gasteiger partial charge in [-0.25, -0.2) is 9.59 Å². The van der Waals surface area contributed by atoms with Crippen LogP contribution in [0.3, 0.4) is 0 Å². The second-order valence-corrected chi connectivity index (χ2v) is 7.37. The molecule has 3 heterocycles. The first kappa shape index (κ1) is 20.7. The van der Waals surface area contributed by atoms with Gasteiger partial charge in [-0.1, -0.05) is 13.8 Å². The number of nitrogens with zero attached hydrogens (tertiary/aromatic N) is 2. The van der Waals surface area contributed by atoms with Crippen LogP contribution >= 0.6 is 0 Å². The van der Waals surface area contributed by atoms with Gasteiger partial charge in [-0.2, -0.15) is 0 Å². The Hall–Kier alpha value is -3.02. The Bertz CT molecular complexity index is 1230. The lowest BCUT2D eigenvalue weighted by molar-refractivity contribution is 0.551. The number of imidazole rings is 1. The normalized spacial score (nSPS) is 11.1. The highest BCUT2D eigenvalue weighted by Gasteiger charge is 2.12. The van der Waals surface area contributed by atoms with E-state index in [9.17, 15) is 9.59 Å². The fourth-order valence-corrected chi connectivity index (χ4v) is 3.54. The number of hydrogen-bond donors (Lipinski definition) is 0. The van der Waals surface area contributed by atoms with Crippen molar-refractivity contribution in [2.24, 2.45) is 0 Å². The maximum atomic E-state index is 11.5. The highest BCUT2D eigenvalue weighted by molar-refractivity contribution is 5.98. The van der Waals surface area contributed by atoms with Crippen LogP contribution in [0.25, 0.3) is 21.9 Å². The van der Waals surface area contributed by atoms with Crippen LogP contribution in [-0.4, -0.2) is 9.13 Å². The number of hydrogen-bond acceptors (Lipinski definition) is 4. The minimum Gasteiger partial charge on any atom is -0.461 e. The zero-order chi connectivity index (χ0) is 21.1. The molecule has 6 heteroatoms. The Morgan fingerprint density at radius 1 is 0.828 bits per heavy atom. The molecule has 0 saturated heterocycles. The molecule has 29 heavy (non-hydrogen) atoms. The summed E-state index contributed by atoms with van der Waals surface area (Å²) in [6.07, 6.45) is 5.75. The summed E-state index contributed by atoms with van der Waals surface area (Å²) in [4.78, 5) is 22.9. The van der Waals surface area contributed by atoms with Crippen LogP contribution in [0.2, 0.25) is 0 Å². The molecule has 0 radical (unpaired) electrons. The average molecular weight is 396 g/mol. The largest absolute Gasteiger partial charge is 0.461 e. The Balaban J connectivity index is 0.000000177. The molecule has 154 valence electrons. The van der Waals surface area contributed by atoms with Crippen molar-refractivity contribution in [3.63, 3.8) is 0 Å². The molecule has 4 aromatic rings. The van der Waals surface area contributed by atoms with Crippen molar-refractivity contribution in [1.29, 1.82) is 0 Å². The summed E-state index contributed by atoms with van der Waals surface area (Å²) in [5.41, 5.74) is 3.03. The Labute approximate surface area is 169 Å². The van der Waals surface area contributed by atoms with E-state index in [0.29, 0.717) is 5.58 Å². The van der Waals surface area contributed by atoms with Crippen LogP contribution in [0.15, 0.2) is 49.0 Å². The van der Waals surface area contributed by atoms with Crippen molar-refractivity contribution in [2.75, 3.05) is 0 Å². The summed E-state index contributed by atoms with van der Waals surface area (Å²) in [5, 5.41) is 2.01. The van der Waals surface area contributed by atoms with Crippen LogP contribution in [0.4, 0.5) is 0 Å². The number of benzene rings is 1. The topological polar surface area (TPSA) is 70.3 Å². The summed E-state index contributed by atoms with van der Waals surface area (Å²) < 4.78 is 14.4. The third-order valence-electron chi connectivity index (χ3n) is 4.92. The maximum absolute atomic E-state index is 11.5. The summed E-state index contributed by atoms with van der Waals surface area (Å²) in [6, 6.07) is 5.51. The molecule has 6 nitrogen and oxygen atoms in total.